The average molecular weight is 280 g/mol. The van der Waals surface area contributed by atoms with Crippen LogP contribution in [-0.2, 0) is 9.53 Å². The summed E-state index contributed by atoms with van der Waals surface area (Å²) in [5, 5.41) is 7.01. The predicted octanol–water partition coefficient (Wildman–Crippen LogP) is 1.98. The molecule has 2 unspecified atom stereocenters. The van der Waals surface area contributed by atoms with Crippen molar-refractivity contribution >= 4 is 5.91 Å². The molecular formula is C16H28N2O2. The summed E-state index contributed by atoms with van der Waals surface area (Å²) >= 11 is 0. The molecule has 3 aliphatic rings. The Labute approximate surface area is 122 Å². The van der Waals surface area contributed by atoms with E-state index >= 15 is 0 Å². The van der Waals surface area contributed by atoms with Crippen LogP contribution in [0, 0.1) is 5.41 Å². The van der Waals surface area contributed by atoms with Gasteiger partial charge in [0.2, 0.25) is 5.91 Å². The van der Waals surface area contributed by atoms with Crippen LogP contribution in [0.2, 0.25) is 0 Å². The molecule has 4 heteroatoms. The molecule has 2 aliphatic heterocycles. The lowest BCUT2D eigenvalue weighted by molar-refractivity contribution is -0.133. The molecular weight excluding hydrogens is 252 g/mol. The lowest BCUT2D eigenvalue weighted by atomic mass is 9.81. The lowest BCUT2D eigenvalue weighted by Crippen LogP contribution is -2.51. The summed E-state index contributed by atoms with van der Waals surface area (Å²) in [6.07, 6.45) is 10.1. The Balaban J connectivity index is 1.59. The van der Waals surface area contributed by atoms with E-state index in [4.69, 9.17) is 4.74 Å². The predicted molar refractivity (Wildman–Crippen MR) is 78.5 cm³/mol. The van der Waals surface area contributed by atoms with Gasteiger partial charge >= 0.3 is 0 Å². The highest BCUT2D eigenvalue weighted by Gasteiger charge is 2.42. The molecule has 1 saturated carbocycles. The summed E-state index contributed by atoms with van der Waals surface area (Å²) < 4.78 is 5.22. The van der Waals surface area contributed by atoms with Crippen molar-refractivity contribution in [3.63, 3.8) is 0 Å². The van der Waals surface area contributed by atoms with Crippen molar-refractivity contribution < 1.29 is 9.53 Å². The van der Waals surface area contributed by atoms with Crippen LogP contribution >= 0.6 is 0 Å². The molecule has 0 radical (unpaired) electrons. The Hall–Kier alpha value is -0.610. The van der Waals surface area contributed by atoms with Crippen LogP contribution in [0.3, 0.4) is 0 Å². The van der Waals surface area contributed by atoms with Gasteiger partial charge in [0.05, 0.1) is 5.41 Å². The Bertz CT molecular complexity index is 340. The van der Waals surface area contributed by atoms with Crippen LogP contribution in [0.1, 0.15) is 57.8 Å². The fourth-order valence-electron chi connectivity index (χ4n) is 4.45. The Morgan fingerprint density at radius 1 is 1.25 bits per heavy atom. The molecule has 3 fully saturated rings. The standard InChI is InChI=1S/C16H28N2O2/c1-20-9-8-16(6-2-3-7-16)15(19)18-14-10-12-4-5-13(11-14)17-12/h12-14,17H,2-11H2,1H3,(H,18,19). The minimum Gasteiger partial charge on any atom is -0.385 e. The highest BCUT2D eigenvalue weighted by atomic mass is 16.5. The number of rotatable bonds is 5. The van der Waals surface area contributed by atoms with Crippen molar-refractivity contribution in [3.05, 3.63) is 0 Å². The van der Waals surface area contributed by atoms with E-state index in [0.717, 1.165) is 32.1 Å². The van der Waals surface area contributed by atoms with Crippen LogP contribution in [0.4, 0.5) is 0 Å². The number of hydrogen-bond donors (Lipinski definition) is 2. The molecule has 3 rings (SSSR count). The highest BCUT2D eigenvalue weighted by molar-refractivity contribution is 5.83. The fraction of sp³-hybridized carbons (Fsp3) is 0.938. The zero-order valence-electron chi connectivity index (χ0n) is 12.6. The number of carbonyl (C=O) groups excluding carboxylic acids is 1. The van der Waals surface area contributed by atoms with E-state index in [-0.39, 0.29) is 5.41 Å². The summed E-state index contributed by atoms with van der Waals surface area (Å²) in [7, 11) is 1.73. The molecule has 2 saturated heterocycles. The second-order valence-corrected chi connectivity index (χ2v) is 7.01. The number of fused-ring (bicyclic) bond motifs is 2. The SMILES string of the molecule is COCCC1(C(=O)NC2CC3CCC(C2)N3)CCCC1. The summed E-state index contributed by atoms with van der Waals surface area (Å²) in [4.78, 5) is 12.8. The lowest BCUT2D eigenvalue weighted by Gasteiger charge is -2.34. The van der Waals surface area contributed by atoms with Gasteiger partial charge in [-0.25, -0.2) is 0 Å². The first-order valence-corrected chi connectivity index (χ1v) is 8.28. The molecule has 2 atom stereocenters. The van der Waals surface area contributed by atoms with Gasteiger partial charge in [0.15, 0.2) is 0 Å². The maximum absolute atomic E-state index is 12.8. The molecule has 20 heavy (non-hydrogen) atoms. The zero-order valence-corrected chi connectivity index (χ0v) is 12.6. The second kappa shape index (κ2) is 6.02. The largest absolute Gasteiger partial charge is 0.385 e. The number of hydrogen-bond acceptors (Lipinski definition) is 3. The van der Waals surface area contributed by atoms with Gasteiger partial charge in [-0.3, -0.25) is 4.79 Å². The summed E-state index contributed by atoms with van der Waals surface area (Å²) in [5.41, 5.74) is -0.139. The number of nitrogens with one attached hydrogen (secondary N) is 2. The topological polar surface area (TPSA) is 50.4 Å². The van der Waals surface area contributed by atoms with Crippen LogP contribution in [0.25, 0.3) is 0 Å². The average Bonchev–Trinajstić information content (AvgIpc) is 3.04. The molecule has 0 aromatic rings. The number of ether oxygens (including phenoxy) is 1. The Morgan fingerprint density at radius 2 is 1.90 bits per heavy atom. The highest BCUT2D eigenvalue weighted by Crippen LogP contribution is 2.41. The van der Waals surface area contributed by atoms with E-state index in [9.17, 15) is 4.79 Å². The first kappa shape index (κ1) is 14.3. The molecule has 2 heterocycles. The van der Waals surface area contributed by atoms with Gasteiger partial charge in [-0.2, -0.15) is 0 Å². The van der Waals surface area contributed by atoms with Crippen molar-refractivity contribution in [2.75, 3.05) is 13.7 Å². The van der Waals surface area contributed by atoms with Crippen molar-refractivity contribution in [2.45, 2.75) is 75.9 Å². The molecule has 114 valence electrons. The van der Waals surface area contributed by atoms with E-state index < -0.39 is 0 Å². The van der Waals surface area contributed by atoms with E-state index in [1.165, 1.54) is 25.7 Å². The van der Waals surface area contributed by atoms with E-state index in [1.54, 1.807) is 7.11 Å². The maximum Gasteiger partial charge on any atom is 0.226 e. The van der Waals surface area contributed by atoms with Gasteiger partial charge in [0.1, 0.15) is 0 Å². The fourth-order valence-corrected chi connectivity index (χ4v) is 4.45. The summed E-state index contributed by atoms with van der Waals surface area (Å²) in [6, 6.07) is 1.66. The van der Waals surface area contributed by atoms with E-state index in [2.05, 4.69) is 10.6 Å². The Kier molecular flexibility index (Phi) is 4.32. The third-order valence-electron chi connectivity index (χ3n) is 5.64. The van der Waals surface area contributed by atoms with Gasteiger partial charge in [-0.15, -0.1) is 0 Å². The monoisotopic (exact) mass is 280 g/mol. The molecule has 1 aliphatic carbocycles. The smallest absolute Gasteiger partial charge is 0.226 e. The molecule has 0 aromatic carbocycles. The van der Waals surface area contributed by atoms with E-state index in [0.29, 0.717) is 30.6 Å². The number of piperidine rings is 1. The normalized spacial score (nSPS) is 35.1. The molecule has 0 aromatic heterocycles. The number of amides is 1. The van der Waals surface area contributed by atoms with Crippen LogP contribution in [0.5, 0.6) is 0 Å². The van der Waals surface area contributed by atoms with Crippen LogP contribution < -0.4 is 10.6 Å². The molecule has 4 nitrogen and oxygen atoms in total. The van der Waals surface area contributed by atoms with Gasteiger partial charge in [-0.05, 0) is 44.9 Å². The van der Waals surface area contributed by atoms with Gasteiger partial charge in [-0.1, -0.05) is 12.8 Å². The molecule has 2 N–H and O–H groups in total. The summed E-state index contributed by atoms with van der Waals surface area (Å²) in [5.74, 6) is 0.304. The molecule has 0 spiro atoms. The van der Waals surface area contributed by atoms with Crippen molar-refractivity contribution in [1.82, 2.24) is 10.6 Å². The minimum atomic E-state index is -0.139. The first-order chi connectivity index (χ1) is 9.72. The van der Waals surface area contributed by atoms with Crippen molar-refractivity contribution in [3.8, 4) is 0 Å². The van der Waals surface area contributed by atoms with E-state index in [1.807, 2.05) is 0 Å². The molecule has 2 bridgehead atoms. The van der Waals surface area contributed by atoms with Crippen molar-refractivity contribution in [2.24, 2.45) is 5.41 Å². The third-order valence-corrected chi connectivity index (χ3v) is 5.64. The van der Waals surface area contributed by atoms with Crippen LogP contribution in [-0.4, -0.2) is 37.7 Å². The van der Waals surface area contributed by atoms with Gasteiger partial charge in [0.25, 0.3) is 0 Å². The molecule has 1 amide bonds. The van der Waals surface area contributed by atoms with Crippen LogP contribution in [0.15, 0.2) is 0 Å². The third kappa shape index (κ3) is 2.86. The second-order valence-electron chi connectivity index (χ2n) is 7.01. The van der Waals surface area contributed by atoms with Crippen molar-refractivity contribution in [1.29, 1.82) is 0 Å². The quantitative estimate of drug-likeness (QED) is 0.809. The number of carbonyl (C=O) groups is 1. The zero-order chi connectivity index (χ0) is 14.0. The maximum atomic E-state index is 12.8. The minimum absolute atomic E-state index is 0.139. The first-order valence-electron chi connectivity index (χ1n) is 8.28. The van der Waals surface area contributed by atoms with Gasteiger partial charge in [0, 0.05) is 31.8 Å². The number of methoxy groups -OCH3 is 1. The Morgan fingerprint density at radius 3 is 2.50 bits per heavy atom. The van der Waals surface area contributed by atoms with Gasteiger partial charge < -0.3 is 15.4 Å². The summed E-state index contributed by atoms with van der Waals surface area (Å²) in [6.45, 7) is 0.699.